The summed E-state index contributed by atoms with van der Waals surface area (Å²) >= 11 is 5.92. The van der Waals surface area contributed by atoms with E-state index in [0.717, 1.165) is 11.6 Å². The topological polar surface area (TPSA) is 29.9 Å². The molecule has 1 aromatic heterocycles. The molecule has 1 saturated carbocycles. The summed E-state index contributed by atoms with van der Waals surface area (Å²) in [5.41, 5.74) is 3.94. The van der Waals surface area contributed by atoms with Crippen LogP contribution < -0.4 is 5.32 Å². The molecule has 1 aliphatic carbocycles. The molecule has 0 spiro atoms. The van der Waals surface area contributed by atoms with E-state index in [1.807, 2.05) is 30.1 Å². The summed E-state index contributed by atoms with van der Waals surface area (Å²) in [6.07, 6.45) is 4.37. The first kappa shape index (κ1) is 13.7. The predicted molar refractivity (Wildman–Crippen MR) is 82.0 cm³/mol. The van der Waals surface area contributed by atoms with Gasteiger partial charge >= 0.3 is 0 Å². The Morgan fingerprint density at radius 2 is 2.00 bits per heavy atom. The van der Waals surface area contributed by atoms with E-state index < -0.39 is 0 Å². The lowest BCUT2D eigenvalue weighted by molar-refractivity contribution is 0.289. The number of aromatic nitrogens is 2. The maximum Gasteiger partial charge on any atom is 0.0537 e. The first-order chi connectivity index (χ1) is 9.63. The molecule has 0 saturated heterocycles. The van der Waals surface area contributed by atoms with Gasteiger partial charge in [-0.3, -0.25) is 4.68 Å². The Hall–Kier alpha value is -1.32. The van der Waals surface area contributed by atoms with Gasteiger partial charge in [0.05, 0.1) is 6.20 Å². The highest BCUT2D eigenvalue weighted by Gasteiger charge is 2.29. The van der Waals surface area contributed by atoms with Crippen molar-refractivity contribution in [3.05, 3.63) is 52.3 Å². The number of nitrogens with one attached hydrogen (secondary N) is 1. The van der Waals surface area contributed by atoms with Gasteiger partial charge in [-0.15, -0.1) is 0 Å². The number of aryl methyl sites for hydroxylation is 1. The highest BCUT2D eigenvalue weighted by atomic mass is 35.5. The lowest BCUT2D eigenvalue weighted by Crippen LogP contribution is -2.39. The van der Waals surface area contributed by atoms with Crippen LogP contribution in [0, 0.1) is 6.92 Å². The number of benzene rings is 1. The smallest absolute Gasteiger partial charge is 0.0537 e. The molecule has 0 amide bonds. The largest absolute Gasteiger partial charge is 0.310 e. The van der Waals surface area contributed by atoms with Crippen molar-refractivity contribution in [3.63, 3.8) is 0 Å². The molecule has 2 aromatic rings. The zero-order chi connectivity index (χ0) is 14.1. The van der Waals surface area contributed by atoms with Gasteiger partial charge in [-0.1, -0.05) is 23.7 Å². The van der Waals surface area contributed by atoms with Gasteiger partial charge in [0.25, 0.3) is 0 Å². The van der Waals surface area contributed by atoms with Crippen LogP contribution in [0.3, 0.4) is 0 Å². The van der Waals surface area contributed by atoms with Crippen LogP contribution >= 0.6 is 11.6 Å². The quantitative estimate of drug-likeness (QED) is 0.935. The molecule has 20 heavy (non-hydrogen) atoms. The van der Waals surface area contributed by atoms with Crippen molar-refractivity contribution in [2.45, 2.75) is 38.3 Å². The fourth-order valence-electron chi connectivity index (χ4n) is 2.76. The van der Waals surface area contributed by atoms with E-state index >= 15 is 0 Å². The zero-order valence-electron chi connectivity index (χ0n) is 11.9. The van der Waals surface area contributed by atoms with E-state index in [0.29, 0.717) is 12.0 Å². The molecule has 3 rings (SSSR count). The summed E-state index contributed by atoms with van der Waals surface area (Å²) in [5, 5.41) is 8.71. The molecule has 1 heterocycles. The van der Waals surface area contributed by atoms with Gasteiger partial charge in [0.15, 0.2) is 0 Å². The minimum atomic E-state index is 0.621. The standard InChI is InChI=1S/C16H20ClN3/c1-11-14(10-19-20(11)2)9-18-16-7-13(8-16)12-3-5-15(17)6-4-12/h3-6,10,13,16,18H,7-9H2,1-2H3. The first-order valence-corrected chi connectivity index (χ1v) is 7.47. The Morgan fingerprint density at radius 3 is 2.60 bits per heavy atom. The fourth-order valence-corrected chi connectivity index (χ4v) is 2.89. The summed E-state index contributed by atoms with van der Waals surface area (Å²) in [7, 11) is 1.98. The van der Waals surface area contributed by atoms with E-state index in [-0.39, 0.29) is 0 Å². The molecule has 1 N–H and O–H groups in total. The molecule has 0 radical (unpaired) electrons. The maximum absolute atomic E-state index is 5.92. The van der Waals surface area contributed by atoms with Gasteiger partial charge in [-0.2, -0.15) is 5.10 Å². The SMILES string of the molecule is Cc1c(CNC2CC(c3ccc(Cl)cc3)C2)cnn1C. The van der Waals surface area contributed by atoms with E-state index in [4.69, 9.17) is 11.6 Å². The minimum Gasteiger partial charge on any atom is -0.310 e. The van der Waals surface area contributed by atoms with Crippen LogP contribution in [0.2, 0.25) is 5.02 Å². The van der Waals surface area contributed by atoms with Crippen molar-refractivity contribution in [1.82, 2.24) is 15.1 Å². The molecular weight excluding hydrogens is 270 g/mol. The van der Waals surface area contributed by atoms with Crippen LogP contribution in [-0.4, -0.2) is 15.8 Å². The van der Waals surface area contributed by atoms with E-state index in [9.17, 15) is 0 Å². The second-order valence-corrected chi connectivity index (χ2v) is 6.11. The van der Waals surface area contributed by atoms with Crippen LogP contribution in [0.4, 0.5) is 0 Å². The molecule has 1 aliphatic rings. The van der Waals surface area contributed by atoms with Crippen LogP contribution in [0.25, 0.3) is 0 Å². The number of halogens is 1. The maximum atomic E-state index is 5.92. The second kappa shape index (κ2) is 5.58. The van der Waals surface area contributed by atoms with E-state index in [1.165, 1.54) is 29.7 Å². The van der Waals surface area contributed by atoms with Gasteiger partial charge in [0, 0.05) is 35.9 Å². The van der Waals surface area contributed by atoms with Crippen LogP contribution in [0.5, 0.6) is 0 Å². The monoisotopic (exact) mass is 289 g/mol. The highest BCUT2D eigenvalue weighted by molar-refractivity contribution is 6.30. The third-order valence-electron chi connectivity index (χ3n) is 4.40. The molecule has 0 bridgehead atoms. The Bertz CT molecular complexity index is 582. The molecule has 4 heteroatoms. The van der Waals surface area contributed by atoms with Crippen molar-refractivity contribution >= 4 is 11.6 Å². The van der Waals surface area contributed by atoms with Gasteiger partial charge in [-0.25, -0.2) is 0 Å². The summed E-state index contributed by atoms with van der Waals surface area (Å²) in [6, 6.07) is 8.88. The highest BCUT2D eigenvalue weighted by Crippen LogP contribution is 2.37. The second-order valence-electron chi connectivity index (χ2n) is 5.68. The summed E-state index contributed by atoms with van der Waals surface area (Å²) in [6.45, 7) is 3.03. The normalized spacial score (nSPS) is 21.8. The molecule has 3 nitrogen and oxygen atoms in total. The zero-order valence-corrected chi connectivity index (χ0v) is 12.7. The van der Waals surface area contributed by atoms with E-state index in [1.54, 1.807) is 0 Å². The number of hydrogen-bond donors (Lipinski definition) is 1. The molecule has 1 aromatic carbocycles. The van der Waals surface area contributed by atoms with Crippen LogP contribution in [0.15, 0.2) is 30.5 Å². The Kier molecular flexibility index (Phi) is 3.81. The van der Waals surface area contributed by atoms with Crippen molar-refractivity contribution in [1.29, 1.82) is 0 Å². The average molecular weight is 290 g/mol. The van der Waals surface area contributed by atoms with Crippen molar-refractivity contribution in [2.75, 3.05) is 0 Å². The number of nitrogens with zero attached hydrogens (tertiary/aromatic N) is 2. The van der Waals surface area contributed by atoms with Crippen molar-refractivity contribution in [2.24, 2.45) is 7.05 Å². The summed E-state index contributed by atoms with van der Waals surface area (Å²) < 4.78 is 1.92. The summed E-state index contributed by atoms with van der Waals surface area (Å²) in [4.78, 5) is 0. The first-order valence-electron chi connectivity index (χ1n) is 7.10. The Labute approximate surface area is 124 Å². The van der Waals surface area contributed by atoms with Crippen molar-refractivity contribution < 1.29 is 0 Å². The molecule has 1 fully saturated rings. The molecule has 0 unspecified atom stereocenters. The number of rotatable bonds is 4. The Morgan fingerprint density at radius 1 is 1.30 bits per heavy atom. The molecule has 106 valence electrons. The van der Waals surface area contributed by atoms with Gasteiger partial charge < -0.3 is 5.32 Å². The number of hydrogen-bond acceptors (Lipinski definition) is 2. The average Bonchev–Trinajstić information content (AvgIpc) is 2.71. The van der Waals surface area contributed by atoms with Gasteiger partial charge in [0.2, 0.25) is 0 Å². The predicted octanol–water partition coefficient (Wildman–Crippen LogP) is 3.42. The third kappa shape index (κ3) is 2.74. The van der Waals surface area contributed by atoms with Crippen LogP contribution in [-0.2, 0) is 13.6 Å². The van der Waals surface area contributed by atoms with Gasteiger partial charge in [0.1, 0.15) is 0 Å². The summed E-state index contributed by atoms with van der Waals surface area (Å²) in [5.74, 6) is 0.680. The third-order valence-corrected chi connectivity index (χ3v) is 4.65. The molecular formula is C16H20ClN3. The molecule has 0 atom stereocenters. The Balaban J connectivity index is 1.49. The fraction of sp³-hybridized carbons (Fsp3) is 0.438. The molecule has 0 aliphatic heterocycles. The minimum absolute atomic E-state index is 0.621. The van der Waals surface area contributed by atoms with Crippen molar-refractivity contribution in [3.8, 4) is 0 Å². The lowest BCUT2D eigenvalue weighted by atomic mass is 9.76. The van der Waals surface area contributed by atoms with Crippen LogP contribution in [0.1, 0.15) is 35.6 Å². The van der Waals surface area contributed by atoms with Gasteiger partial charge in [-0.05, 0) is 43.4 Å². The van der Waals surface area contributed by atoms with E-state index in [2.05, 4.69) is 29.5 Å². The lowest BCUT2D eigenvalue weighted by Gasteiger charge is -2.36.